The van der Waals surface area contributed by atoms with Crippen LogP contribution in [-0.4, -0.2) is 55.5 Å². The van der Waals surface area contributed by atoms with Crippen molar-refractivity contribution in [2.45, 2.75) is 0 Å². The number of hydrogen-bond acceptors (Lipinski definition) is 5. The van der Waals surface area contributed by atoms with Crippen molar-refractivity contribution in [3.05, 3.63) is 35.4 Å². The summed E-state index contributed by atoms with van der Waals surface area (Å²) in [7, 11) is 0. The fourth-order valence-corrected chi connectivity index (χ4v) is 2.03. The van der Waals surface area contributed by atoms with Crippen molar-refractivity contribution in [2.75, 3.05) is 32.8 Å². The molecule has 0 spiro atoms. The molecular formula is C14H17N3O4. The molecule has 0 bridgehead atoms. The Bertz CT molecular complexity index is 524. The normalized spacial score (nSPS) is 13.5. The van der Waals surface area contributed by atoms with Crippen LogP contribution in [0, 0.1) is 0 Å². The second kappa shape index (κ2) is 6.96. The molecule has 0 unspecified atom stereocenters. The van der Waals surface area contributed by atoms with E-state index in [0.717, 1.165) is 4.90 Å². The first kappa shape index (κ1) is 15.1. The molecule has 1 aromatic rings. The summed E-state index contributed by atoms with van der Waals surface area (Å²) in [6.45, 7) is 1.20. The lowest BCUT2D eigenvalue weighted by molar-refractivity contribution is -0.121. The molecule has 1 aliphatic heterocycles. The van der Waals surface area contributed by atoms with Crippen molar-refractivity contribution in [3.8, 4) is 0 Å². The van der Waals surface area contributed by atoms with E-state index in [1.807, 2.05) is 0 Å². The van der Waals surface area contributed by atoms with Gasteiger partial charge < -0.3 is 15.8 Å². The molecule has 1 aromatic carbocycles. The lowest BCUT2D eigenvalue weighted by atomic mass is 10.1. The number of ether oxygens (including phenoxy) is 1. The highest BCUT2D eigenvalue weighted by molar-refractivity contribution is 6.22. The first-order chi connectivity index (χ1) is 10.1. The lowest BCUT2D eigenvalue weighted by Crippen LogP contribution is -2.41. The first-order valence-corrected chi connectivity index (χ1v) is 6.65. The molecule has 1 heterocycles. The minimum absolute atomic E-state index is 0.288. The molecule has 3 N–H and O–H groups in total. The standard InChI is InChI=1S/C14H17N3O4/c15-5-7-21-8-6-16-12(18)9-17-13(19)10-3-1-2-4-11(10)14(17)20/h1-4H,5-9,15H2,(H,16,18). The topological polar surface area (TPSA) is 102 Å². The second-order valence-corrected chi connectivity index (χ2v) is 4.49. The van der Waals surface area contributed by atoms with Gasteiger partial charge in [-0.1, -0.05) is 12.1 Å². The Morgan fingerprint density at radius 2 is 1.76 bits per heavy atom. The van der Waals surface area contributed by atoms with Crippen LogP contribution in [0.2, 0.25) is 0 Å². The molecular weight excluding hydrogens is 274 g/mol. The van der Waals surface area contributed by atoms with Crippen molar-refractivity contribution in [2.24, 2.45) is 5.73 Å². The van der Waals surface area contributed by atoms with Crippen molar-refractivity contribution in [3.63, 3.8) is 0 Å². The van der Waals surface area contributed by atoms with Gasteiger partial charge in [-0.2, -0.15) is 0 Å². The van der Waals surface area contributed by atoms with Gasteiger partial charge in [-0.15, -0.1) is 0 Å². The molecule has 1 aliphatic rings. The number of imide groups is 1. The summed E-state index contributed by atoms with van der Waals surface area (Å²) in [4.78, 5) is 36.8. The summed E-state index contributed by atoms with van der Waals surface area (Å²) in [5.41, 5.74) is 5.93. The molecule has 0 atom stereocenters. The van der Waals surface area contributed by atoms with Crippen LogP contribution in [0.4, 0.5) is 0 Å². The van der Waals surface area contributed by atoms with Crippen LogP contribution in [-0.2, 0) is 9.53 Å². The minimum atomic E-state index is -0.440. The van der Waals surface area contributed by atoms with Gasteiger partial charge in [-0.3, -0.25) is 19.3 Å². The highest BCUT2D eigenvalue weighted by atomic mass is 16.5. The predicted molar refractivity (Wildman–Crippen MR) is 74.7 cm³/mol. The lowest BCUT2D eigenvalue weighted by Gasteiger charge is -2.13. The Morgan fingerprint density at radius 1 is 1.14 bits per heavy atom. The third-order valence-electron chi connectivity index (χ3n) is 3.01. The molecule has 3 amide bonds. The van der Waals surface area contributed by atoms with Crippen LogP contribution in [0.1, 0.15) is 20.7 Å². The van der Waals surface area contributed by atoms with Crippen molar-refractivity contribution >= 4 is 17.7 Å². The van der Waals surface area contributed by atoms with Crippen molar-refractivity contribution in [1.82, 2.24) is 10.2 Å². The third kappa shape index (κ3) is 3.45. The molecule has 21 heavy (non-hydrogen) atoms. The van der Waals surface area contributed by atoms with Gasteiger partial charge in [0.05, 0.1) is 24.3 Å². The van der Waals surface area contributed by atoms with Crippen LogP contribution < -0.4 is 11.1 Å². The zero-order chi connectivity index (χ0) is 15.2. The maximum Gasteiger partial charge on any atom is 0.262 e. The third-order valence-corrected chi connectivity index (χ3v) is 3.01. The number of hydrogen-bond donors (Lipinski definition) is 2. The molecule has 0 radical (unpaired) electrons. The van der Waals surface area contributed by atoms with Gasteiger partial charge in [0.25, 0.3) is 11.8 Å². The van der Waals surface area contributed by atoms with Gasteiger partial charge in [-0.05, 0) is 12.1 Å². The molecule has 0 saturated heterocycles. The Kier molecular flexibility index (Phi) is 5.02. The van der Waals surface area contributed by atoms with Gasteiger partial charge >= 0.3 is 0 Å². The smallest absolute Gasteiger partial charge is 0.262 e. The summed E-state index contributed by atoms with van der Waals surface area (Å²) in [6, 6.07) is 6.52. The summed E-state index contributed by atoms with van der Waals surface area (Å²) in [5.74, 6) is -1.28. The van der Waals surface area contributed by atoms with Gasteiger partial charge in [0.2, 0.25) is 5.91 Å². The highest BCUT2D eigenvalue weighted by Crippen LogP contribution is 2.21. The molecule has 7 heteroatoms. The average Bonchev–Trinajstić information content (AvgIpc) is 2.73. The number of amides is 3. The van der Waals surface area contributed by atoms with E-state index in [-0.39, 0.29) is 6.54 Å². The maximum absolute atomic E-state index is 12.0. The van der Waals surface area contributed by atoms with E-state index >= 15 is 0 Å². The van der Waals surface area contributed by atoms with Gasteiger partial charge in [0.15, 0.2) is 0 Å². The quantitative estimate of drug-likeness (QED) is 0.514. The van der Waals surface area contributed by atoms with Crippen molar-refractivity contribution < 1.29 is 19.1 Å². The van der Waals surface area contributed by atoms with E-state index in [1.54, 1.807) is 24.3 Å². The van der Waals surface area contributed by atoms with E-state index in [1.165, 1.54) is 0 Å². The summed E-state index contributed by atoms with van der Waals surface area (Å²) in [5, 5.41) is 2.59. The van der Waals surface area contributed by atoms with Crippen LogP contribution in [0.5, 0.6) is 0 Å². The number of nitrogens with one attached hydrogen (secondary N) is 1. The largest absolute Gasteiger partial charge is 0.378 e. The number of nitrogens with two attached hydrogens (primary N) is 1. The fraction of sp³-hybridized carbons (Fsp3) is 0.357. The van der Waals surface area contributed by atoms with Gasteiger partial charge in [0.1, 0.15) is 6.54 Å². The molecule has 0 saturated carbocycles. The number of fused-ring (bicyclic) bond motifs is 1. The van der Waals surface area contributed by atoms with Crippen LogP contribution in [0.15, 0.2) is 24.3 Å². The molecule has 0 aliphatic carbocycles. The SMILES string of the molecule is NCCOCCNC(=O)CN1C(=O)c2ccccc2C1=O. The molecule has 7 nitrogen and oxygen atoms in total. The van der Waals surface area contributed by atoms with E-state index < -0.39 is 17.7 Å². The summed E-state index contributed by atoms with van der Waals surface area (Å²) < 4.78 is 5.11. The van der Waals surface area contributed by atoms with Gasteiger partial charge in [0, 0.05) is 13.1 Å². The predicted octanol–water partition coefficient (Wildman–Crippen LogP) is -0.626. The van der Waals surface area contributed by atoms with Crippen molar-refractivity contribution in [1.29, 1.82) is 0 Å². The zero-order valence-electron chi connectivity index (χ0n) is 11.5. The van der Waals surface area contributed by atoms with E-state index in [4.69, 9.17) is 10.5 Å². The number of rotatable bonds is 7. The molecule has 2 rings (SSSR count). The van der Waals surface area contributed by atoms with E-state index in [2.05, 4.69) is 5.32 Å². The van der Waals surface area contributed by atoms with E-state index in [9.17, 15) is 14.4 Å². The van der Waals surface area contributed by atoms with Crippen LogP contribution >= 0.6 is 0 Å². The summed E-state index contributed by atoms with van der Waals surface area (Å²) >= 11 is 0. The average molecular weight is 291 g/mol. The Labute approximate surface area is 122 Å². The number of carbonyl (C=O) groups excluding carboxylic acids is 3. The van der Waals surface area contributed by atoms with E-state index in [0.29, 0.717) is 37.4 Å². The Morgan fingerprint density at radius 3 is 2.33 bits per heavy atom. The molecule has 0 fully saturated rings. The Hall–Kier alpha value is -2.25. The highest BCUT2D eigenvalue weighted by Gasteiger charge is 2.36. The first-order valence-electron chi connectivity index (χ1n) is 6.65. The molecule has 112 valence electrons. The summed E-state index contributed by atoms with van der Waals surface area (Å²) in [6.07, 6.45) is 0. The number of carbonyl (C=O) groups is 3. The number of nitrogens with zero attached hydrogens (tertiary/aromatic N) is 1. The minimum Gasteiger partial charge on any atom is -0.378 e. The fourth-order valence-electron chi connectivity index (χ4n) is 2.03. The molecule has 0 aromatic heterocycles. The second-order valence-electron chi connectivity index (χ2n) is 4.49. The van der Waals surface area contributed by atoms with Crippen LogP contribution in [0.25, 0.3) is 0 Å². The Balaban J connectivity index is 1.86. The van der Waals surface area contributed by atoms with Gasteiger partial charge in [-0.25, -0.2) is 0 Å². The number of benzene rings is 1. The monoisotopic (exact) mass is 291 g/mol. The van der Waals surface area contributed by atoms with Crippen LogP contribution in [0.3, 0.4) is 0 Å². The maximum atomic E-state index is 12.0. The zero-order valence-corrected chi connectivity index (χ0v) is 11.5.